The number of amides is 1. The molecule has 0 saturated heterocycles. The van der Waals surface area contributed by atoms with Crippen LogP contribution in [0.5, 0.6) is 0 Å². The van der Waals surface area contributed by atoms with Crippen LogP contribution in [-0.4, -0.2) is 12.3 Å². The van der Waals surface area contributed by atoms with Gasteiger partial charge in [0.1, 0.15) is 5.82 Å². The van der Waals surface area contributed by atoms with E-state index in [9.17, 15) is 18.0 Å². The molecule has 2 rings (SSSR count). The molecule has 27 heavy (non-hydrogen) atoms. The third-order valence-electron chi connectivity index (χ3n) is 3.81. The highest BCUT2D eigenvalue weighted by Crippen LogP contribution is 2.33. The average molecular weight is 391 g/mol. The van der Waals surface area contributed by atoms with Crippen molar-refractivity contribution in [3.63, 3.8) is 0 Å². The summed E-state index contributed by atoms with van der Waals surface area (Å²) < 4.78 is 39.8. The molecule has 142 valence electrons. The van der Waals surface area contributed by atoms with Gasteiger partial charge in [-0.3, -0.25) is 4.79 Å². The normalized spacial score (nSPS) is 12.0. The first kappa shape index (κ1) is 20.8. The number of hydrogen-bond acceptors (Lipinski definition) is 2. The molecule has 0 heterocycles. The van der Waals surface area contributed by atoms with E-state index in [2.05, 4.69) is 11.9 Å². The molecular formula is C21H20F3NOS. The fraction of sp³-hybridized carbons (Fsp3) is 0.190. The molecule has 0 atom stereocenters. The van der Waals surface area contributed by atoms with Gasteiger partial charge in [0, 0.05) is 16.8 Å². The van der Waals surface area contributed by atoms with Crippen molar-refractivity contribution >= 4 is 23.4 Å². The number of allylic oxidation sites excluding steroid dienone is 2. The summed E-state index contributed by atoms with van der Waals surface area (Å²) in [6.45, 7) is 8.20. The first-order valence-corrected chi connectivity index (χ1v) is 9.01. The molecule has 0 radical (unpaired) electrons. The van der Waals surface area contributed by atoms with Gasteiger partial charge in [0.05, 0.1) is 4.91 Å². The van der Waals surface area contributed by atoms with E-state index in [0.717, 1.165) is 11.8 Å². The standard InChI is InChI=1S/C21H20F3NOS/c1-12(2)27-19(14(4)20(23)24)21(26)25-18-8-6-5-7-16(18)15-9-10-17(22)13(3)11-15/h5-11,20H,1H2,2-4H3,(H,25,26)/b19-14+. The number of nitrogens with one attached hydrogen (secondary N) is 1. The number of carbonyl (C=O) groups is 1. The Morgan fingerprint density at radius 3 is 2.41 bits per heavy atom. The van der Waals surface area contributed by atoms with E-state index in [4.69, 9.17) is 0 Å². The van der Waals surface area contributed by atoms with Crippen molar-refractivity contribution in [3.8, 4) is 11.1 Å². The van der Waals surface area contributed by atoms with Crippen LogP contribution in [0.1, 0.15) is 19.4 Å². The molecule has 0 aliphatic carbocycles. The van der Waals surface area contributed by atoms with E-state index >= 15 is 0 Å². The molecule has 0 aliphatic heterocycles. The summed E-state index contributed by atoms with van der Waals surface area (Å²) in [6.07, 6.45) is -2.74. The van der Waals surface area contributed by atoms with Gasteiger partial charge in [0.25, 0.3) is 12.3 Å². The maximum atomic E-state index is 13.6. The van der Waals surface area contributed by atoms with Crippen LogP contribution in [0, 0.1) is 12.7 Å². The molecule has 6 heteroatoms. The molecule has 0 saturated carbocycles. The Morgan fingerprint density at radius 1 is 1.15 bits per heavy atom. The zero-order chi connectivity index (χ0) is 20.1. The van der Waals surface area contributed by atoms with E-state index in [1.807, 2.05) is 0 Å². The molecule has 0 unspecified atom stereocenters. The van der Waals surface area contributed by atoms with Crippen molar-refractivity contribution in [2.75, 3.05) is 5.32 Å². The molecular weight excluding hydrogens is 371 g/mol. The first-order valence-electron chi connectivity index (χ1n) is 8.20. The highest BCUT2D eigenvalue weighted by Gasteiger charge is 2.21. The van der Waals surface area contributed by atoms with E-state index in [-0.39, 0.29) is 16.3 Å². The van der Waals surface area contributed by atoms with Gasteiger partial charge < -0.3 is 5.32 Å². The van der Waals surface area contributed by atoms with Gasteiger partial charge in [0.15, 0.2) is 0 Å². The van der Waals surface area contributed by atoms with Crippen molar-refractivity contribution in [1.29, 1.82) is 0 Å². The molecule has 1 amide bonds. The number of benzene rings is 2. The maximum absolute atomic E-state index is 13.6. The topological polar surface area (TPSA) is 29.1 Å². The number of hydrogen-bond donors (Lipinski definition) is 1. The largest absolute Gasteiger partial charge is 0.321 e. The molecule has 0 aliphatic rings. The molecule has 1 N–H and O–H groups in total. The Labute approximate surface area is 161 Å². The predicted molar refractivity (Wildman–Crippen MR) is 106 cm³/mol. The third-order valence-corrected chi connectivity index (χ3v) is 4.87. The summed E-state index contributed by atoms with van der Waals surface area (Å²) >= 11 is 0.913. The summed E-state index contributed by atoms with van der Waals surface area (Å²) in [5.74, 6) is -0.956. The quantitative estimate of drug-likeness (QED) is 0.566. The molecule has 0 fully saturated rings. The number of aryl methyl sites for hydroxylation is 1. The van der Waals surface area contributed by atoms with Crippen LogP contribution in [0.2, 0.25) is 0 Å². The van der Waals surface area contributed by atoms with Crippen LogP contribution in [0.4, 0.5) is 18.9 Å². The predicted octanol–water partition coefficient (Wildman–Crippen LogP) is 6.55. The van der Waals surface area contributed by atoms with E-state index in [1.54, 1.807) is 50.2 Å². The Balaban J connectivity index is 2.42. The molecule has 2 nitrogen and oxygen atoms in total. The lowest BCUT2D eigenvalue weighted by Crippen LogP contribution is -2.16. The zero-order valence-corrected chi connectivity index (χ0v) is 16.1. The van der Waals surface area contributed by atoms with Gasteiger partial charge in [-0.15, -0.1) is 0 Å². The lowest BCUT2D eigenvalue weighted by atomic mass is 10.0. The van der Waals surface area contributed by atoms with Crippen LogP contribution in [0.3, 0.4) is 0 Å². The third kappa shape index (κ3) is 5.26. The fourth-order valence-electron chi connectivity index (χ4n) is 2.41. The number of para-hydroxylation sites is 1. The second kappa shape index (κ2) is 8.95. The van der Waals surface area contributed by atoms with Crippen LogP contribution >= 0.6 is 11.8 Å². The molecule has 0 spiro atoms. The summed E-state index contributed by atoms with van der Waals surface area (Å²) in [7, 11) is 0. The number of anilines is 1. The van der Waals surface area contributed by atoms with Gasteiger partial charge in [-0.2, -0.15) is 0 Å². The van der Waals surface area contributed by atoms with E-state index < -0.39 is 12.3 Å². The van der Waals surface area contributed by atoms with Crippen LogP contribution in [0.15, 0.2) is 64.4 Å². The van der Waals surface area contributed by atoms with Crippen LogP contribution in [-0.2, 0) is 4.79 Å². The summed E-state index contributed by atoms with van der Waals surface area (Å²) in [5.41, 5.74) is 2.00. The fourth-order valence-corrected chi connectivity index (χ4v) is 3.16. The number of carbonyl (C=O) groups excluding carboxylic acids is 1. The summed E-state index contributed by atoms with van der Waals surface area (Å²) in [6, 6.07) is 11.6. The van der Waals surface area contributed by atoms with Crippen molar-refractivity contribution in [2.45, 2.75) is 27.2 Å². The minimum Gasteiger partial charge on any atom is -0.321 e. The molecule has 2 aromatic carbocycles. The molecule has 0 bridgehead atoms. The maximum Gasteiger partial charge on any atom is 0.262 e. The molecule has 2 aromatic rings. The van der Waals surface area contributed by atoms with Gasteiger partial charge in [-0.1, -0.05) is 42.6 Å². The number of alkyl halides is 2. The van der Waals surface area contributed by atoms with Crippen molar-refractivity contribution in [2.24, 2.45) is 0 Å². The lowest BCUT2D eigenvalue weighted by Gasteiger charge is -2.15. The van der Waals surface area contributed by atoms with Gasteiger partial charge in [-0.25, -0.2) is 13.2 Å². The number of rotatable bonds is 6. The van der Waals surface area contributed by atoms with Gasteiger partial charge >= 0.3 is 0 Å². The monoisotopic (exact) mass is 391 g/mol. The van der Waals surface area contributed by atoms with Gasteiger partial charge in [-0.05, 0) is 55.0 Å². The van der Waals surface area contributed by atoms with Crippen LogP contribution in [0.25, 0.3) is 11.1 Å². The van der Waals surface area contributed by atoms with Gasteiger partial charge in [0.2, 0.25) is 0 Å². The Bertz CT molecular complexity index is 906. The van der Waals surface area contributed by atoms with E-state index in [0.29, 0.717) is 27.3 Å². The minimum absolute atomic E-state index is 0.0809. The van der Waals surface area contributed by atoms with Crippen LogP contribution < -0.4 is 5.32 Å². The number of thioether (sulfide) groups is 1. The zero-order valence-electron chi connectivity index (χ0n) is 15.3. The second-order valence-electron chi connectivity index (χ2n) is 6.08. The van der Waals surface area contributed by atoms with Crippen molar-refractivity contribution in [1.82, 2.24) is 0 Å². The average Bonchev–Trinajstić information content (AvgIpc) is 2.61. The smallest absolute Gasteiger partial charge is 0.262 e. The van der Waals surface area contributed by atoms with Crippen molar-refractivity contribution in [3.05, 3.63) is 75.8 Å². The number of halogens is 3. The Hall–Kier alpha value is -2.47. The Morgan fingerprint density at radius 2 is 1.81 bits per heavy atom. The minimum atomic E-state index is -2.74. The second-order valence-corrected chi connectivity index (χ2v) is 7.39. The SMILES string of the molecule is C=C(C)S/C(C(=O)Nc1ccccc1-c1ccc(F)c(C)c1)=C(\C)C(F)F. The van der Waals surface area contributed by atoms with E-state index in [1.165, 1.54) is 13.0 Å². The summed E-state index contributed by atoms with van der Waals surface area (Å²) in [5, 5.41) is 2.70. The highest BCUT2D eigenvalue weighted by atomic mass is 32.2. The highest BCUT2D eigenvalue weighted by molar-refractivity contribution is 8.07. The first-order chi connectivity index (χ1) is 12.7. The Kier molecular flexibility index (Phi) is 6.91. The summed E-state index contributed by atoms with van der Waals surface area (Å²) in [4.78, 5) is 13.1. The lowest BCUT2D eigenvalue weighted by molar-refractivity contribution is -0.112. The molecule has 0 aromatic heterocycles. The van der Waals surface area contributed by atoms with Crippen molar-refractivity contribution < 1.29 is 18.0 Å².